The van der Waals surface area contributed by atoms with E-state index >= 15 is 0 Å². The van der Waals surface area contributed by atoms with E-state index in [0.717, 1.165) is 0 Å². The van der Waals surface area contributed by atoms with E-state index in [1.807, 2.05) is 0 Å². The number of hydrogen-bond donors (Lipinski definition) is 2. The van der Waals surface area contributed by atoms with Crippen molar-refractivity contribution >= 4 is 7.82 Å². The van der Waals surface area contributed by atoms with Crippen molar-refractivity contribution in [2.24, 2.45) is 0 Å². The standard InChI is InChI=1S/C3H9O4P.2CH4/c1-2-3-7-8(4,5)6;;/h2-3H2,1H3,(H2,4,5,6);2*1H4/i1D;;. The zero-order chi connectivity index (χ0) is 7.33. The lowest BCUT2D eigenvalue weighted by Gasteiger charge is -2.00. The van der Waals surface area contributed by atoms with Crippen LogP contribution >= 0.6 is 7.82 Å². The van der Waals surface area contributed by atoms with E-state index in [0.29, 0.717) is 6.42 Å². The Kier molecular flexibility index (Phi) is 9.21. The Labute approximate surface area is 63.9 Å². The van der Waals surface area contributed by atoms with Crippen LogP contribution in [0.1, 0.15) is 29.5 Å². The predicted octanol–water partition coefficient (Wildman–Crippen LogP) is 1.78. The smallest absolute Gasteiger partial charge is 0.303 e. The number of rotatable bonds is 3. The average molecular weight is 173 g/mol. The second-order valence-corrected chi connectivity index (χ2v) is 2.42. The topological polar surface area (TPSA) is 66.8 Å². The minimum absolute atomic E-state index is 0. The van der Waals surface area contributed by atoms with Crippen LogP contribution < -0.4 is 0 Å². The molecular weight excluding hydrogens is 155 g/mol. The zero-order valence-corrected chi connectivity index (χ0v) is 5.17. The molecule has 0 aliphatic heterocycles. The molecule has 0 aliphatic carbocycles. The molecule has 0 rings (SSSR count). The van der Waals surface area contributed by atoms with Crippen LogP contribution in [0.2, 0.25) is 0 Å². The SMILES string of the molecule is C.C.[2H]CCCOP(=O)(O)O. The third-order valence-electron chi connectivity index (χ3n) is 0.404. The molecule has 0 aromatic rings. The quantitative estimate of drug-likeness (QED) is 0.504. The predicted molar refractivity (Wildman–Crippen MR) is 41.7 cm³/mol. The molecule has 66 valence electrons. The molecule has 0 saturated carbocycles. The minimum Gasteiger partial charge on any atom is -0.303 e. The molecule has 0 unspecified atom stereocenters. The summed E-state index contributed by atoms with van der Waals surface area (Å²) in [5.41, 5.74) is 0. The van der Waals surface area contributed by atoms with Crippen LogP contribution in [0.5, 0.6) is 0 Å². The van der Waals surface area contributed by atoms with Gasteiger partial charge in [-0.1, -0.05) is 21.8 Å². The molecule has 4 nitrogen and oxygen atoms in total. The molecule has 0 heterocycles. The van der Waals surface area contributed by atoms with Gasteiger partial charge < -0.3 is 9.79 Å². The molecular formula is C5H17O4P. The maximum absolute atomic E-state index is 9.92. The monoisotopic (exact) mass is 173 g/mol. The van der Waals surface area contributed by atoms with Crippen LogP contribution in [0.3, 0.4) is 0 Å². The lowest BCUT2D eigenvalue weighted by atomic mass is 10.5. The highest BCUT2D eigenvalue weighted by molar-refractivity contribution is 7.46. The van der Waals surface area contributed by atoms with Gasteiger partial charge >= 0.3 is 7.82 Å². The first-order chi connectivity index (χ1) is 4.06. The molecule has 0 aliphatic rings. The fraction of sp³-hybridized carbons (Fsp3) is 1.00. The summed E-state index contributed by atoms with van der Waals surface area (Å²) in [5, 5.41) is 0. The van der Waals surface area contributed by atoms with Gasteiger partial charge in [0.1, 0.15) is 0 Å². The summed E-state index contributed by atoms with van der Waals surface area (Å²) < 4.78 is 20.5. The summed E-state index contributed by atoms with van der Waals surface area (Å²) in [7, 11) is -4.28. The first kappa shape index (κ1) is 12.8. The molecule has 0 atom stereocenters. The van der Waals surface area contributed by atoms with E-state index in [2.05, 4.69) is 4.52 Å². The van der Waals surface area contributed by atoms with Crippen molar-refractivity contribution in [1.82, 2.24) is 0 Å². The fourth-order valence-electron chi connectivity index (χ4n) is 0.183. The van der Waals surface area contributed by atoms with Gasteiger partial charge in [-0.3, -0.25) is 4.52 Å². The molecule has 0 aromatic carbocycles. The van der Waals surface area contributed by atoms with Gasteiger partial charge in [0.15, 0.2) is 0 Å². The summed E-state index contributed by atoms with van der Waals surface area (Å²) in [6, 6.07) is 0. The first-order valence-electron chi connectivity index (χ1n) is 2.76. The van der Waals surface area contributed by atoms with E-state index in [-0.39, 0.29) is 28.4 Å². The summed E-state index contributed by atoms with van der Waals surface area (Å²) in [4.78, 5) is 16.1. The Morgan fingerprint density at radius 2 is 2.10 bits per heavy atom. The summed E-state index contributed by atoms with van der Waals surface area (Å²) >= 11 is 0. The molecule has 0 spiro atoms. The second-order valence-electron chi connectivity index (χ2n) is 1.18. The summed E-state index contributed by atoms with van der Waals surface area (Å²) in [5.74, 6) is 0. The van der Waals surface area contributed by atoms with Crippen LogP contribution in [-0.4, -0.2) is 16.4 Å². The van der Waals surface area contributed by atoms with Crippen molar-refractivity contribution in [2.45, 2.75) is 28.2 Å². The maximum atomic E-state index is 9.92. The molecule has 0 aromatic heterocycles. The Morgan fingerprint density at radius 3 is 2.40 bits per heavy atom. The normalized spacial score (nSPS) is 10.8. The minimum atomic E-state index is -4.28. The number of phosphoric acid groups is 1. The average Bonchev–Trinajstić information content (AvgIpc) is 1.63. The summed E-state index contributed by atoms with van der Waals surface area (Å²) in [6.45, 7) is 0.0772. The van der Waals surface area contributed by atoms with E-state index in [1.165, 1.54) is 0 Å². The van der Waals surface area contributed by atoms with Crippen LogP contribution in [0.15, 0.2) is 0 Å². The van der Waals surface area contributed by atoms with Gasteiger partial charge in [-0.25, -0.2) is 4.57 Å². The highest BCUT2D eigenvalue weighted by atomic mass is 31.2. The van der Waals surface area contributed by atoms with Crippen LogP contribution in [0.4, 0.5) is 0 Å². The van der Waals surface area contributed by atoms with Crippen molar-refractivity contribution in [3.05, 3.63) is 0 Å². The fourth-order valence-corrected chi connectivity index (χ4v) is 0.550. The van der Waals surface area contributed by atoms with Crippen molar-refractivity contribution in [2.75, 3.05) is 6.61 Å². The molecule has 0 bridgehead atoms. The Balaban J connectivity index is -0.000000320. The van der Waals surface area contributed by atoms with Gasteiger partial charge in [-0.05, 0) is 6.42 Å². The van der Waals surface area contributed by atoms with Gasteiger partial charge in [-0.15, -0.1) is 0 Å². The highest BCUT2D eigenvalue weighted by Crippen LogP contribution is 2.35. The third kappa shape index (κ3) is 15.7. The second kappa shape index (κ2) is 7.22. The molecule has 0 amide bonds. The zero-order valence-electron chi connectivity index (χ0n) is 5.28. The largest absolute Gasteiger partial charge is 0.469 e. The van der Waals surface area contributed by atoms with Crippen LogP contribution in [-0.2, 0) is 9.09 Å². The highest BCUT2D eigenvalue weighted by Gasteiger charge is 2.11. The lowest BCUT2D eigenvalue weighted by molar-refractivity contribution is 0.197. The van der Waals surface area contributed by atoms with Gasteiger partial charge in [-0.2, -0.15) is 0 Å². The van der Waals surface area contributed by atoms with Gasteiger partial charge in [0.2, 0.25) is 0 Å². The molecule has 5 heteroatoms. The van der Waals surface area contributed by atoms with E-state index in [1.54, 1.807) is 0 Å². The Bertz CT molecular complexity index is 113. The molecule has 10 heavy (non-hydrogen) atoms. The van der Waals surface area contributed by atoms with E-state index < -0.39 is 7.82 Å². The van der Waals surface area contributed by atoms with Crippen molar-refractivity contribution in [3.63, 3.8) is 0 Å². The van der Waals surface area contributed by atoms with Gasteiger partial charge in [0.05, 0.1) is 6.61 Å². The molecule has 0 radical (unpaired) electrons. The lowest BCUT2D eigenvalue weighted by Crippen LogP contribution is -1.88. The van der Waals surface area contributed by atoms with Gasteiger partial charge in [0, 0.05) is 1.37 Å². The Morgan fingerprint density at radius 1 is 1.60 bits per heavy atom. The van der Waals surface area contributed by atoms with Gasteiger partial charge in [0.25, 0.3) is 0 Å². The molecule has 0 saturated heterocycles. The van der Waals surface area contributed by atoms with Crippen LogP contribution in [0, 0.1) is 0 Å². The van der Waals surface area contributed by atoms with E-state index in [4.69, 9.17) is 11.2 Å². The van der Waals surface area contributed by atoms with Crippen molar-refractivity contribution < 1.29 is 20.2 Å². The van der Waals surface area contributed by atoms with Crippen molar-refractivity contribution in [3.8, 4) is 0 Å². The summed E-state index contributed by atoms with van der Waals surface area (Å²) in [6.07, 6.45) is 0.352. The first-order valence-corrected chi connectivity index (χ1v) is 3.58. The van der Waals surface area contributed by atoms with E-state index in [9.17, 15) is 4.57 Å². The van der Waals surface area contributed by atoms with Crippen molar-refractivity contribution in [1.29, 1.82) is 0 Å². The molecule has 0 fully saturated rings. The maximum Gasteiger partial charge on any atom is 0.469 e. The number of phosphoric ester groups is 1. The third-order valence-corrected chi connectivity index (χ3v) is 0.923. The number of hydrogen-bond acceptors (Lipinski definition) is 2. The molecule has 2 N–H and O–H groups in total. The van der Waals surface area contributed by atoms with Crippen LogP contribution in [0.25, 0.3) is 0 Å². The Hall–Kier alpha value is 0.110.